The maximum absolute atomic E-state index is 5.07. The summed E-state index contributed by atoms with van der Waals surface area (Å²) in [6.45, 7) is 11.5. The average Bonchev–Trinajstić information content (AvgIpc) is 3.63. The quantitative estimate of drug-likeness (QED) is 0.177. The molecule has 0 nitrogen and oxygen atoms in total. The molecule has 3 aliphatic carbocycles. The van der Waals surface area contributed by atoms with Gasteiger partial charge in [0.05, 0.1) is 0 Å². The predicted octanol–water partition coefficient (Wildman–Crippen LogP) is 12.3. The van der Waals surface area contributed by atoms with Crippen LogP contribution < -0.4 is 0 Å². The summed E-state index contributed by atoms with van der Waals surface area (Å²) in [6.07, 6.45) is 17.3. The van der Waals surface area contributed by atoms with Gasteiger partial charge in [0.25, 0.3) is 0 Å². The van der Waals surface area contributed by atoms with E-state index in [2.05, 4.69) is 146 Å². The van der Waals surface area contributed by atoms with E-state index >= 15 is 0 Å². The molecular weight excluding hydrogens is 723 g/mol. The van der Waals surface area contributed by atoms with Crippen molar-refractivity contribution < 1.29 is 14.2 Å². The Morgan fingerprint density at radius 3 is 1.36 bits per heavy atom. The summed E-state index contributed by atoms with van der Waals surface area (Å²) in [5.74, 6) is 0. The molecule has 0 N–H and O–H groups in total. The van der Waals surface area contributed by atoms with Gasteiger partial charge in [0.15, 0.2) is 0 Å². The van der Waals surface area contributed by atoms with E-state index in [0.29, 0.717) is 7.35 Å². The Bertz CT molecular complexity index is 1910. The second-order valence-electron chi connectivity index (χ2n) is 18.6. The molecule has 0 saturated heterocycles. The molecule has 0 aliphatic heterocycles. The summed E-state index contributed by atoms with van der Waals surface area (Å²) in [4.78, 5) is 0. The molecule has 2 unspecified atom stereocenters. The first-order valence-corrected chi connectivity index (χ1v) is 42.8. The molecule has 3 aliphatic rings. The van der Waals surface area contributed by atoms with Crippen LogP contribution in [0.3, 0.4) is 0 Å². The number of fused-ring (bicyclic) bond motifs is 2. The van der Waals surface area contributed by atoms with E-state index in [0.717, 1.165) is 3.67 Å². The zero-order valence-corrected chi connectivity index (χ0v) is 33.7. The van der Waals surface area contributed by atoms with Gasteiger partial charge in [-0.2, -0.15) is 0 Å². The molecule has 232 valence electrons. The zero-order chi connectivity index (χ0) is 31.9. The molecule has 2 heteroatoms. The third-order valence-corrected chi connectivity index (χ3v) is 67.1. The predicted molar refractivity (Wildman–Crippen MR) is 199 cm³/mol. The van der Waals surface area contributed by atoms with Crippen LogP contribution in [0.4, 0.5) is 0 Å². The number of benzene rings is 4. The van der Waals surface area contributed by atoms with Crippen molar-refractivity contribution in [2.75, 3.05) is 0 Å². The van der Waals surface area contributed by atoms with E-state index in [1.807, 2.05) is 0 Å². The second-order valence-corrected chi connectivity index (χ2v) is 98.5. The number of hydrogen-bond donors (Lipinski definition) is 0. The molecule has 0 spiro atoms. The second kappa shape index (κ2) is 9.51. The van der Waals surface area contributed by atoms with E-state index in [9.17, 15) is 0 Å². The Kier molecular flexibility index (Phi) is 6.56. The van der Waals surface area contributed by atoms with Gasteiger partial charge in [-0.25, -0.2) is 0 Å². The molecule has 0 amide bonds. The van der Waals surface area contributed by atoms with Gasteiger partial charge in [0, 0.05) is 0 Å². The summed E-state index contributed by atoms with van der Waals surface area (Å²) in [7, 11) is 0. The molecule has 1 saturated carbocycles. The van der Waals surface area contributed by atoms with Crippen LogP contribution in [-0.4, -0.2) is 6.94 Å². The Balaban J connectivity index is 1.47. The SMILES string of the molecule is Cc1cc(C)cc(-c2cccc3c2C=C[CH]3[Hf]([CH3])([CH3])([CH3])(=[SiH2])([CH]2CCCCC2)[CH]2C=Cc3c(-c4cc(C)cc(C)c4)cccc32)c1. The third-order valence-electron chi connectivity index (χ3n) is 13.5. The van der Waals surface area contributed by atoms with E-state index in [-0.39, 0.29) is 0 Å². The van der Waals surface area contributed by atoms with Crippen LogP contribution >= 0.6 is 0 Å². The third kappa shape index (κ3) is 4.52. The molecule has 0 heterocycles. The first-order valence-electron chi connectivity index (χ1n) is 17.5. The van der Waals surface area contributed by atoms with E-state index in [1.165, 1.54) is 87.7 Å². The van der Waals surface area contributed by atoms with Crippen molar-refractivity contribution in [3.05, 3.63) is 129 Å². The summed E-state index contributed by atoms with van der Waals surface area (Å²) in [5.41, 5.74) is 16.9. The molecule has 7 rings (SSSR count). The van der Waals surface area contributed by atoms with Gasteiger partial charge in [-0.05, 0) is 0 Å². The number of allylic oxidation sites excluding steroid dienone is 2. The van der Waals surface area contributed by atoms with Crippen molar-refractivity contribution >= 4 is 19.1 Å². The Labute approximate surface area is 268 Å². The van der Waals surface area contributed by atoms with Crippen molar-refractivity contribution in [2.45, 2.75) is 84.9 Å². The van der Waals surface area contributed by atoms with Crippen molar-refractivity contribution in [3.63, 3.8) is 0 Å². The van der Waals surface area contributed by atoms with Gasteiger partial charge in [0.1, 0.15) is 0 Å². The fourth-order valence-corrected chi connectivity index (χ4v) is 56.9. The molecule has 0 aromatic heterocycles. The van der Waals surface area contributed by atoms with Crippen LogP contribution in [-0.2, 0) is 14.2 Å². The van der Waals surface area contributed by atoms with Gasteiger partial charge in [-0.15, -0.1) is 0 Å². The minimum atomic E-state index is -5.07. The van der Waals surface area contributed by atoms with Gasteiger partial charge in [-0.3, -0.25) is 0 Å². The molecule has 0 bridgehead atoms. The van der Waals surface area contributed by atoms with Crippen molar-refractivity contribution in [1.82, 2.24) is 0 Å². The van der Waals surface area contributed by atoms with E-state index < -0.39 is 14.2 Å². The van der Waals surface area contributed by atoms with E-state index in [1.54, 1.807) is 11.1 Å². The normalized spacial score (nSPS) is 21.9. The van der Waals surface area contributed by atoms with Crippen LogP contribution in [0.25, 0.3) is 34.4 Å². The first kappa shape index (κ1) is 31.1. The Morgan fingerprint density at radius 2 is 0.956 bits per heavy atom. The summed E-state index contributed by atoms with van der Waals surface area (Å²) < 4.78 is 10.4. The molecular formula is C43H52HfSi. The standard InChI is InChI=1S/2C17H15.C6H11.3CH3.Hf.H2Si/c2*1-12-9-13(2)11-15(10-12)17-8-4-6-14-5-3-7-16(14)17;1-2-4-6-5-3-1;;;;;/h2*3-11H,1-2H3;1H,2-6H2;3*1H3;;1H2. The van der Waals surface area contributed by atoms with Crippen LogP contribution in [0.5, 0.6) is 0 Å². The Morgan fingerprint density at radius 1 is 0.556 bits per heavy atom. The molecule has 2 atom stereocenters. The summed E-state index contributed by atoms with van der Waals surface area (Å²) in [5, 5.41) is 0. The monoisotopic (exact) mass is 776 g/mol. The molecule has 0 radical (unpaired) electrons. The number of aryl methyl sites for hydroxylation is 4. The van der Waals surface area contributed by atoms with Crippen LogP contribution in [0.15, 0.2) is 84.9 Å². The average molecular weight is 775 g/mol. The van der Waals surface area contributed by atoms with Gasteiger partial charge in [0.2, 0.25) is 0 Å². The molecule has 4 aromatic rings. The molecule has 45 heavy (non-hydrogen) atoms. The summed E-state index contributed by atoms with van der Waals surface area (Å²) >= 11 is -5.07. The fraction of sp³-hybridized carbons (Fsp3) is 0.349. The van der Waals surface area contributed by atoms with Gasteiger partial charge >= 0.3 is 270 Å². The number of hydrogen-bond acceptors (Lipinski definition) is 0. The van der Waals surface area contributed by atoms with Crippen molar-refractivity contribution in [1.29, 1.82) is 0 Å². The Hall–Kier alpha value is -2.55. The molecule has 4 aromatic carbocycles. The first-order chi connectivity index (χ1) is 21.1. The molecule has 1 fully saturated rings. The van der Waals surface area contributed by atoms with Crippen LogP contribution in [0.1, 0.15) is 84.0 Å². The maximum atomic E-state index is 2.92. The van der Waals surface area contributed by atoms with E-state index in [4.69, 9.17) is 0 Å². The van der Waals surface area contributed by atoms with Crippen LogP contribution in [0, 0.1) is 27.7 Å². The van der Waals surface area contributed by atoms with Gasteiger partial charge in [-0.1, -0.05) is 0 Å². The number of rotatable bonds is 5. The fourth-order valence-electron chi connectivity index (χ4n) is 11.1. The van der Waals surface area contributed by atoms with Crippen LogP contribution in [0.2, 0.25) is 17.7 Å². The zero-order valence-electron chi connectivity index (χ0n) is 28.7. The van der Waals surface area contributed by atoms with Crippen molar-refractivity contribution in [3.8, 4) is 22.3 Å². The van der Waals surface area contributed by atoms with Crippen molar-refractivity contribution in [2.24, 2.45) is 0 Å². The minimum absolute atomic E-state index is 0.446. The summed E-state index contributed by atoms with van der Waals surface area (Å²) in [6, 6.07) is 28.5. The van der Waals surface area contributed by atoms with Gasteiger partial charge < -0.3 is 0 Å². The topological polar surface area (TPSA) is 0 Å².